The third-order valence-electron chi connectivity index (χ3n) is 4.80. The van der Waals surface area contributed by atoms with Crippen LogP contribution in [0.15, 0.2) is 40.8 Å². The molecule has 142 valence electrons. The molecule has 0 atom stereocenters. The molecule has 4 heterocycles. The minimum Gasteiger partial charge on any atom is -0.348 e. The molecule has 0 unspecified atom stereocenters. The highest BCUT2D eigenvalue weighted by atomic mass is 32.1. The first kappa shape index (κ1) is 17.3. The summed E-state index contributed by atoms with van der Waals surface area (Å²) in [4.78, 5) is 36.8. The molecular weight excluding hydrogens is 394 g/mol. The smallest absolute Gasteiger partial charge is 0.262 e. The van der Waals surface area contributed by atoms with E-state index in [1.165, 1.54) is 35.1 Å². The highest BCUT2D eigenvalue weighted by molar-refractivity contribution is 7.22. The zero-order valence-corrected chi connectivity index (χ0v) is 16.6. The summed E-state index contributed by atoms with van der Waals surface area (Å²) in [6, 6.07) is 7.44. The number of fused-ring (bicyclic) bond motifs is 2. The molecule has 0 bridgehead atoms. The quantitative estimate of drug-likeness (QED) is 0.557. The molecule has 9 heteroatoms. The van der Waals surface area contributed by atoms with Crippen molar-refractivity contribution >= 4 is 59.8 Å². The molecule has 3 aromatic heterocycles. The number of aromatic nitrogens is 3. The summed E-state index contributed by atoms with van der Waals surface area (Å²) in [7, 11) is 0. The molecule has 0 saturated carbocycles. The van der Waals surface area contributed by atoms with Crippen LogP contribution in [0.5, 0.6) is 0 Å². The van der Waals surface area contributed by atoms with E-state index in [9.17, 15) is 9.59 Å². The van der Waals surface area contributed by atoms with Crippen molar-refractivity contribution in [2.24, 2.45) is 0 Å². The van der Waals surface area contributed by atoms with E-state index in [-0.39, 0.29) is 18.0 Å². The first-order chi connectivity index (χ1) is 13.7. The lowest BCUT2D eigenvalue weighted by molar-refractivity contribution is -0.116. The molecule has 1 saturated heterocycles. The number of hydrogen-bond donors (Lipinski definition) is 1. The SMILES string of the molecule is O=C(Cn1cnc2sccc2c1=O)Nc1ccc2nc(N3CCCC3)sc2c1. The van der Waals surface area contributed by atoms with E-state index in [1.54, 1.807) is 17.4 Å². The lowest BCUT2D eigenvalue weighted by Crippen LogP contribution is -2.27. The Kier molecular flexibility index (Phi) is 4.33. The summed E-state index contributed by atoms with van der Waals surface area (Å²) in [5.41, 5.74) is 1.44. The molecule has 4 aromatic rings. The highest BCUT2D eigenvalue weighted by Gasteiger charge is 2.16. The Hall–Kier alpha value is -2.78. The van der Waals surface area contributed by atoms with Crippen molar-refractivity contribution in [2.45, 2.75) is 19.4 Å². The van der Waals surface area contributed by atoms with Crippen molar-refractivity contribution < 1.29 is 4.79 Å². The van der Waals surface area contributed by atoms with Gasteiger partial charge in [0.25, 0.3) is 5.56 Å². The molecule has 1 aliphatic rings. The van der Waals surface area contributed by atoms with Crippen LogP contribution in [0.1, 0.15) is 12.8 Å². The van der Waals surface area contributed by atoms with E-state index < -0.39 is 0 Å². The number of nitrogens with one attached hydrogen (secondary N) is 1. The fourth-order valence-corrected chi connectivity index (χ4v) is 5.17. The van der Waals surface area contributed by atoms with E-state index in [0.717, 1.165) is 28.4 Å². The van der Waals surface area contributed by atoms with Crippen LogP contribution in [0.25, 0.3) is 20.4 Å². The van der Waals surface area contributed by atoms with Crippen LogP contribution >= 0.6 is 22.7 Å². The number of amides is 1. The highest BCUT2D eigenvalue weighted by Crippen LogP contribution is 2.32. The monoisotopic (exact) mass is 411 g/mol. The number of nitrogens with zero attached hydrogens (tertiary/aromatic N) is 4. The number of anilines is 2. The number of benzene rings is 1. The second-order valence-corrected chi connectivity index (χ2v) is 8.64. The molecule has 1 fully saturated rings. The predicted molar refractivity (Wildman–Crippen MR) is 114 cm³/mol. The number of thiophene rings is 1. The van der Waals surface area contributed by atoms with Crippen LogP contribution in [-0.2, 0) is 11.3 Å². The zero-order valence-electron chi connectivity index (χ0n) is 14.9. The average Bonchev–Trinajstić information content (AvgIpc) is 3.43. The Bertz CT molecular complexity index is 1240. The van der Waals surface area contributed by atoms with E-state index in [0.29, 0.717) is 15.9 Å². The summed E-state index contributed by atoms with van der Waals surface area (Å²) in [5, 5.41) is 6.28. The van der Waals surface area contributed by atoms with E-state index in [4.69, 9.17) is 4.98 Å². The molecule has 5 rings (SSSR count). The largest absolute Gasteiger partial charge is 0.348 e. The number of hydrogen-bond acceptors (Lipinski definition) is 7. The maximum Gasteiger partial charge on any atom is 0.262 e. The van der Waals surface area contributed by atoms with E-state index in [1.807, 2.05) is 23.6 Å². The van der Waals surface area contributed by atoms with Gasteiger partial charge in [-0.05, 0) is 42.5 Å². The topological polar surface area (TPSA) is 80.1 Å². The van der Waals surface area contributed by atoms with Gasteiger partial charge >= 0.3 is 0 Å². The maximum atomic E-state index is 12.4. The third-order valence-corrected chi connectivity index (χ3v) is 6.70. The van der Waals surface area contributed by atoms with Gasteiger partial charge in [0.2, 0.25) is 5.91 Å². The molecule has 0 spiro atoms. The van der Waals surface area contributed by atoms with Gasteiger partial charge in [0.1, 0.15) is 11.4 Å². The normalized spacial score (nSPS) is 14.2. The van der Waals surface area contributed by atoms with Crippen molar-refractivity contribution in [3.8, 4) is 0 Å². The molecule has 28 heavy (non-hydrogen) atoms. The van der Waals surface area contributed by atoms with Gasteiger partial charge in [-0.3, -0.25) is 14.2 Å². The van der Waals surface area contributed by atoms with Gasteiger partial charge in [0.15, 0.2) is 5.13 Å². The van der Waals surface area contributed by atoms with Crippen molar-refractivity contribution in [3.63, 3.8) is 0 Å². The number of carbonyl (C=O) groups excluding carboxylic acids is 1. The van der Waals surface area contributed by atoms with Crippen LogP contribution in [0.2, 0.25) is 0 Å². The van der Waals surface area contributed by atoms with E-state index in [2.05, 4.69) is 15.2 Å². The first-order valence-electron chi connectivity index (χ1n) is 9.05. The molecule has 1 N–H and O–H groups in total. The summed E-state index contributed by atoms with van der Waals surface area (Å²) in [5.74, 6) is -0.262. The zero-order chi connectivity index (χ0) is 19.1. The molecule has 7 nitrogen and oxygen atoms in total. The molecular formula is C19H17N5O2S2. The van der Waals surface area contributed by atoms with Gasteiger partial charge in [0, 0.05) is 18.8 Å². The number of thiazole rings is 1. The molecule has 1 aliphatic heterocycles. The lowest BCUT2D eigenvalue weighted by Gasteiger charge is -2.11. The fourth-order valence-electron chi connectivity index (χ4n) is 3.40. The van der Waals surface area contributed by atoms with Crippen LogP contribution in [-0.4, -0.2) is 33.5 Å². The second kappa shape index (κ2) is 6.99. The summed E-state index contributed by atoms with van der Waals surface area (Å²) in [6.07, 6.45) is 3.85. The Morgan fingerprint density at radius 2 is 2.07 bits per heavy atom. The third kappa shape index (κ3) is 3.16. The van der Waals surface area contributed by atoms with Gasteiger partial charge < -0.3 is 10.2 Å². The average molecular weight is 412 g/mol. The minimum atomic E-state index is -0.262. The lowest BCUT2D eigenvalue weighted by atomic mass is 10.3. The molecule has 1 aromatic carbocycles. The maximum absolute atomic E-state index is 12.4. The van der Waals surface area contributed by atoms with Crippen molar-refractivity contribution in [1.29, 1.82) is 0 Å². The summed E-state index contributed by atoms with van der Waals surface area (Å²) < 4.78 is 2.37. The van der Waals surface area contributed by atoms with Crippen LogP contribution in [0.3, 0.4) is 0 Å². The van der Waals surface area contributed by atoms with Crippen LogP contribution < -0.4 is 15.8 Å². The van der Waals surface area contributed by atoms with E-state index >= 15 is 0 Å². The van der Waals surface area contributed by atoms with Gasteiger partial charge in [-0.25, -0.2) is 9.97 Å². The van der Waals surface area contributed by atoms with Crippen molar-refractivity contribution in [3.05, 3.63) is 46.3 Å². The fraction of sp³-hybridized carbons (Fsp3) is 0.263. The Labute approximate surface area is 168 Å². The summed E-state index contributed by atoms with van der Waals surface area (Å²) >= 11 is 3.05. The number of carbonyl (C=O) groups is 1. The van der Waals surface area contributed by atoms with Crippen LogP contribution in [0.4, 0.5) is 10.8 Å². The predicted octanol–water partition coefficient (Wildman–Crippen LogP) is 3.31. The standard InChI is InChI=1S/C19H17N5O2S2/c25-16(10-24-11-20-17-13(18(24)26)5-8-27-17)21-12-3-4-14-15(9-12)28-19(22-14)23-6-1-2-7-23/h3-5,8-9,11H,1-2,6-7,10H2,(H,21,25). The van der Waals surface area contributed by atoms with Gasteiger partial charge in [-0.15, -0.1) is 11.3 Å². The Morgan fingerprint density at radius 1 is 1.21 bits per heavy atom. The summed E-state index contributed by atoms with van der Waals surface area (Å²) in [6.45, 7) is 2.04. The molecule has 1 amide bonds. The number of rotatable bonds is 4. The molecule has 0 aliphatic carbocycles. The molecule has 0 radical (unpaired) electrons. The van der Waals surface area contributed by atoms with Gasteiger partial charge in [0.05, 0.1) is 21.9 Å². The second-order valence-electron chi connectivity index (χ2n) is 6.74. The van der Waals surface area contributed by atoms with Crippen LogP contribution in [0, 0.1) is 0 Å². The van der Waals surface area contributed by atoms with Gasteiger partial charge in [-0.1, -0.05) is 11.3 Å². The Balaban J connectivity index is 1.34. The van der Waals surface area contributed by atoms with Crippen molar-refractivity contribution in [2.75, 3.05) is 23.3 Å². The first-order valence-corrected chi connectivity index (χ1v) is 10.7. The minimum absolute atomic E-state index is 0.0720. The Morgan fingerprint density at radius 3 is 2.93 bits per heavy atom. The van der Waals surface area contributed by atoms with Gasteiger partial charge in [-0.2, -0.15) is 0 Å². The van der Waals surface area contributed by atoms with Crippen molar-refractivity contribution in [1.82, 2.24) is 14.5 Å².